The summed E-state index contributed by atoms with van der Waals surface area (Å²) in [6.07, 6.45) is 0. The summed E-state index contributed by atoms with van der Waals surface area (Å²) >= 11 is 9.52. The highest BCUT2D eigenvalue weighted by Gasteiger charge is 2.32. The Hall–Kier alpha value is -2.11. The molecule has 0 radical (unpaired) electrons. The van der Waals surface area contributed by atoms with Crippen molar-refractivity contribution in [1.29, 1.82) is 0 Å². The summed E-state index contributed by atoms with van der Waals surface area (Å²) in [5.74, 6) is -11.6. The number of halogens is 7. The first-order chi connectivity index (χ1) is 15.2. The molecule has 12 heteroatoms. The summed E-state index contributed by atoms with van der Waals surface area (Å²) in [4.78, 5) is 11.6. The molecule has 0 N–H and O–H groups in total. The quantitative estimate of drug-likeness (QED) is 0.142. The van der Waals surface area contributed by atoms with Gasteiger partial charge in [-0.15, -0.1) is 0 Å². The number of esters is 1. The summed E-state index contributed by atoms with van der Waals surface area (Å²) in [6, 6.07) is 4.47. The van der Waals surface area contributed by atoms with E-state index in [4.69, 9.17) is 16.3 Å². The Bertz CT molecular complexity index is 1250. The Kier molecular flexibility index (Phi) is 7.16. The molecule has 0 aliphatic carbocycles. The van der Waals surface area contributed by atoms with Crippen LogP contribution in [0.3, 0.4) is 0 Å². The third-order valence-corrected chi connectivity index (χ3v) is 6.37. The number of hydrogen-bond donors (Lipinski definition) is 0. The molecule has 1 heterocycles. The minimum absolute atomic E-state index is 0.0162. The second-order valence-electron chi connectivity index (χ2n) is 7.82. The van der Waals surface area contributed by atoms with Crippen LogP contribution in [-0.4, -0.2) is 15.7 Å². The largest absolute Gasteiger partial charge is 0.403 e. The molecule has 0 unspecified atom stereocenters. The summed E-state index contributed by atoms with van der Waals surface area (Å²) < 4.78 is 76.8. The second kappa shape index (κ2) is 9.27. The minimum atomic E-state index is -2.27. The third kappa shape index (κ3) is 4.90. The van der Waals surface area contributed by atoms with Crippen molar-refractivity contribution >= 4 is 45.3 Å². The van der Waals surface area contributed by atoms with Gasteiger partial charge in [-0.1, -0.05) is 39.3 Å². The molecule has 3 aromatic rings. The zero-order chi connectivity index (χ0) is 24.8. The number of rotatable bonds is 4. The molecule has 1 aromatic heterocycles. The van der Waals surface area contributed by atoms with Gasteiger partial charge in [0.2, 0.25) is 11.7 Å². The summed E-state index contributed by atoms with van der Waals surface area (Å²) in [5.41, 5.74) is -0.657. The van der Waals surface area contributed by atoms with E-state index >= 15 is 0 Å². The SMILES string of the molecule is Cc1nn(C(C)(C)C)c(OC(=O)c2cc(Br)ccc2Cl)c1Sc1c(F)c(F)c(F)c(F)c1F. The van der Waals surface area contributed by atoms with Crippen LogP contribution in [0, 0.1) is 36.0 Å². The Balaban J connectivity index is 2.16. The molecule has 3 rings (SSSR count). The molecule has 0 atom stereocenters. The van der Waals surface area contributed by atoms with E-state index in [0.29, 0.717) is 4.47 Å². The molecule has 0 bridgehead atoms. The lowest BCUT2D eigenvalue weighted by Gasteiger charge is -2.22. The number of hydrogen-bond acceptors (Lipinski definition) is 4. The van der Waals surface area contributed by atoms with Gasteiger partial charge in [-0.05, 0) is 45.9 Å². The van der Waals surface area contributed by atoms with Gasteiger partial charge in [-0.2, -0.15) is 5.10 Å². The molecular formula is C21H15BrClF5N2O2S. The Morgan fingerprint density at radius 3 is 2.12 bits per heavy atom. The highest BCUT2D eigenvalue weighted by atomic mass is 79.9. The smallest absolute Gasteiger partial charge is 0.346 e. The average Bonchev–Trinajstić information content (AvgIpc) is 3.05. The summed E-state index contributed by atoms with van der Waals surface area (Å²) in [7, 11) is 0. The Labute approximate surface area is 203 Å². The predicted octanol–water partition coefficient (Wildman–Crippen LogP) is 7.43. The van der Waals surface area contributed by atoms with Gasteiger partial charge in [0.05, 0.1) is 31.6 Å². The normalized spacial score (nSPS) is 11.7. The highest BCUT2D eigenvalue weighted by molar-refractivity contribution is 9.10. The number of nitrogens with zero attached hydrogens (tertiary/aromatic N) is 2. The van der Waals surface area contributed by atoms with Gasteiger partial charge in [-0.3, -0.25) is 0 Å². The predicted molar refractivity (Wildman–Crippen MR) is 116 cm³/mol. The molecule has 176 valence electrons. The molecule has 0 saturated heterocycles. The van der Waals surface area contributed by atoms with Crippen LogP contribution in [0.4, 0.5) is 22.0 Å². The van der Waals surface area contributed by atoms with E-state index in [1.165, 1.54) is 23.7 Å². The van der Waals surface area contributed by atoms with Crippen LogP contribution < -0.4 is 4.74 Å². The van der Waals surface area contributed by atoms with Crippen molar-refractivity contribution in [1.82, 2.24) is 9.78 Å². The summed E-state index contributed by atoms with van der Waals surface area (Å²) in [6.45, 7) is 6.60. The molecule has 0 amide bonds. The number of carbonyl (C=O) groups excluding carboxylic acids is 1. The Morgan fingerprint density at radius 2 is 1.58 bits per heavy atom. The van der Waals surface area contributed by atoms with E-state index in [2.05, 4.69) is 21.0 Å². The van der Waals surface area contributed by atoms with E-state index in [9.17, 15) is 26.7 Å². The van der Waals surface area contributed by atoms with E-state index in [1.54, 1.807) is 26.8 Å². The molecule has 0 spiro atoms. The van der Waals surface area contributed by atoms with E-state index in [-0.39, 0.29) is 38.8 Å². The van der Waals surface area contributed by atoms with Gasteiger partial charge in [0, 0.05) is 4.47 Å². The fourth-order valence-electron chi connectivity index (χ4n) is 2.73. The van der Waals surface area contributed by atoms with Gasteiger partial charge >= 0.3 is 5.97 Å². The molecule has 0 fully saturated rings. The minimum Gasteiger partial charge on any atom is -0.403 e. The monoisotopic (exact) mass is 568 g/mol. The maximum absolute atomic E-state index is 14.3. The first kappa shape index (κ1) is 25.5. The fraction of sp³-hybridized carbons (Fsp3) is 0.238. The molecule has 0 aliphatic rings. The Morgan fingerprint density at radius 1 is 1.03 bits per heavy atom. The first-order valence-electron chi connectivity index (χ1n) is 9.20. The van der Waals surface area contributed by atoms with Crippen molar-refractivity contribution in [3.63, 3.8) is 0 Å². The van der Waals surface area contributed by atoms with Crippen LogP contribution in [0.1, 0.15) is 36.8 Å². The van der Waals surface area contributed by atoms with Crippen molar-refractivity contribution in [3.05, 3.63) is 68.0 Å². The lowest BCUT2D eigenvalue weighted by Crippen LogP contribution is -2.25. The highest BCUT2D eigenvalue weighted by Crippen LogP contribution is 2.43. The maximum Gasteiger partial charge on any atom is 0.346 e. The van der Waals surface area contributed by atoms with Crippen molar-refractivity contribution in [2.75, 3.05) is 0 Å². The van der Waals surface area contributed by atoms with Crippen molar-refractivity contribution < 1.29 is 31.5 Å². The van der Waals surface area contributed by atoms with Crippen LogP contribution in [0.2, 0.25) is 5.02 Å². The topological polar surface area (TPSA) is 44.1 Å². The van der Waals surface area contributed by atoms with Crippen LogP contribution in [0.5, 0.6) is 5.88 Å². The van der Waals surface area contributed by atoms with Gasteiger partial charge in [-0.25, -0.2) is 31.4 Å². The molecule has 2 aromatic carbocycles. The van der Waals surface area contributed by atoms with Gasteiger partial charge < -0.3 is 4.74 Å². The lowest BCUT2D eigenvalue weighted by molar-refractivity contribution is 0.0704. The van der Waals surface area contributed by atoms with E-state index < -0.39 is 45.5 Å². The molecular weight excluding hydrogens is 555 g/mol. The lowest BCUT2D eigenvalue weighted by atomic mass is 10.1. The number of ether oxygens (including phenoxy) is 1. The van der Waals surface area contributed by atoms with Crippen LogP contribution in [-0.2, 0) is 5.54 Å². The first-order valence-corrected chi connectivity index (χ1v) is 11.2. The maximum atomic E-state index is 14.3. The number of aromatic nitrogens is 2. The van der Waals surface area contributed by atoms with Crippen LogP contribution >= 0.6 is 39.3 Å². The van der Waals surface area contributed by atoms with Crippen LogP contribution in [0.15, 0.2) is 32.5 Å². The summed E-state index contributed by atoms with van der Waals surface area (Å²) in [5, 5.41) is 4.34. The third-order valence-electron chi connectivity index (χ3n) is 4.31. The molecule has 33 heavy (non-hydrogen) atoms. The molecule has 0 saturated carbocycles. The van der Waals surface area contributed by atoms with Crippen molar-refractivity contribution in [2.24, 2.45) is 0 Å². The molecule has 0 aliphatic heterocycles. The van der Waals surface area contributed by atoms with Gasteiger partial charge in [0.1, 0.15) is 0 Å². The van der Waals surface area contributed by atoms with E-state index in [0.717, 1.165) is 0 Å². The number of aryl methyl sites for hydroxylation is 1. The fourth-order valence-corrected chi connectivity index (χ4v) is 4.25. The van der Waals surface area contributed by atoms with Crippen molar-refractivity contribution in [3.8, 4) is 5.88 Å². The number of carbonyl (C=O) groups is 1. The van der Waals surface area contributed by atoms with Gasteiger partial charge in [0.15, 0.2) is 23.3 Å². The second-order valence-corrected chi connectivity index (χ2v) is 10.2. The molecule has 4 nitrogen and oxygen atoms in total. The number of benzene rings is 2. The zero-order valence-corrected chi connectivity index (χ0v) is 20.7. The van der Waals surface area contributed by atoms with Gasteiger partial charge in [0.25, 0.3) is 0 Å². The van der Waals surface area contributed by atoms with Crippen LogP contribution in [0.25, 0.3) is 0 Å². The van der Waals surface area contributed by atoms with Crippen molar-refractivity contribution in [2.45, 2.75) is 43.0 Å². The zero-order valence-electron chi connectivity index (χ0n) is 17.5. The standard InChI is InChI=1S/C21H15BrClF5N2O2S/c1-8-17(33-18-15(27)13(25)12(24)14(26)16(18)28)19(30(29-8)21(2,3)4)32-20(31)10-7-9(22)5-6-11(10)23/h5-7H,1-4H3. The average molecular weight is 570 g/mol. The van der Waals surface area contributed by atoms with E-state index in [1.807, 2.05) is 0 Å².